The van der Waals surface area contributed by atoms with Crippen molar-refractivity contribution in [3.05, 3.63) is 70.4 Å². The molecule has 5 rings (SSSR count). The highest BCUT2D eigenvalue weighted by Gasteiger charge is 2.43. The summed E-state index contributed by atoms with van der Waals surface area (Å²) in [6.45, 7) is 1.67. The number of nitrogens with one attached hydrogen (secondary N) is 1. The van der Waals surface area contributed by atoms with Crippen LogP contribution in [0.15, 0.2) is 52.9 Å². The number of fused-ring (bicyclic) bond motifs is 1. The van der Waals surface area contributed by atoms with E-state index in [4.69, 9.17) is 20.8 Å². The lowest BCUT2D eigenvalue weighted by Crippen LogP contribution is -2.49. The smallest absolute Gasteiger partial charge is 0.416 e. The molecule has 2 saturated heterocycles. The Hall–Kier alpha value is -2.55. The van der Waals surface area contributed by atoms with Gasteiger partial charge in [0.25, 0.3) is 0 Å². The number of carbonyl (C=O) groups excluding carboxylic acids is 1. The average molecular weight is 493 g/mol. The number of rotatable bonds is 5. The van der Waals surface area contributed by atoms with Crippen LogP contribution in [0.25, 0.3) is 11.0 Å². The molecule has 0 spiro atoms. The molecule has 2 fully saturated rings. The zero-order chi connectivity index (χ0) is 23.9. The van der Waals surface area contributed by atoms with Gasteiger partial charge >= 0.3 is 6.18 Å². The van der Waals surface area contributed by atoms with Crippen LogP contribution in [0.5, 0.6) is 0 Å². The predicted octanol–water partition coefficient (Wildman–Crippen LogP) is 5.37. The third-order valence-corrected chi connectivity index (χ3v) is 7.08. The van der Waals surface area contributed by atoms with Gasteiger partial charge in [0.05, 0.1) is 30.7 Å². The highest BCUT2D eigenvalue weighted by atomic mass is 35.5. The summed E-state index contributed by atoms with van der Waals surface area (Å²) in [6, 6.07) is 12.6. The maximum atomic E-state index is 13.1. The van der Waals surface area contributed by atoms with E-state index in [0.29, 0.717) is 19.6 Å². The SMILES string of the molecule is O=C(NCc1cc(C(F)(F)F)ccc1Cl)C1CCCN1C1COCC1c1cc2ccccc2o1. The van der Waals surface area contributed by atoms with Crippen molar-refractivity contribution in [3.63, 3.8) is 0 Å². The number of likely N-dealkylation sites (tertiary alicyclic amines) is 1. The number of furan rings is 1. The van der Waals surface area contributed by atoms with E-state index in [2.05, 4.69) is 10.2 Å². The fourth-order valence-electron chi connectivity index (χ4n) is 4.98. The number of hydrogen-bond acceptors (Lipinski definition) is 4. The van der Waals surface area contributed by atoms with E-state index in [-0.39, 0.29) is 41.0 Å². The van der Waals surface area contributed by atoms with Crippen molar-refractivity contribution in [3.8, 4) is 0 Å². The minimum Gasteiger partial charge on any atom is -0.461 e. The molecule has 0 radical (unpaired) electrons. The van der Waals surface area contributed by atoms with E-state index in [9.17, 15) is 18.0 Å². The largest absolute Gasteiger partial charge is 0.461 e. The summed E-state index contributed by atoms with van der Waals surface area (Å²) in [7, 11) is 0. The first-order valence-electron chi connectivity index (χ1n) is 11.3. The summed E-state index contributed by atoms with van der Waals surface area (Å²) in [5, 5.41) is 4.00. The third kappa shape index (κ3) is 4.54. The van der Waals surface area contributed by atoms with Crippen molar-refractivity contribution < 1.29 is 27.1 Å². The number of ether oxygens (including phenoxy) is 1. The standard InChI is InChI=1S/C25H24ClF3N2O3/c26-19-8-7-17(25(27,28)29)10-16(19)12-30-24(32)20-5-3-9-31(20)21-14-33-13-18(21)23-11-15-4-1-2-6-22(15)34-23/h1-2,4,6-8,10-11,18,20-21H,3,5,9,12-14H2,(H,30,32). The number of benzene rings is 2. The van der Waals surface area contributed by atoms with Crippen LogP contribution in [0, 0.1) is 0 Å². The van der Waals surface area contributed by atoms with Crippen molar-refractivity contribution in [1.82, 2.24) is 10.2 Å². The van der Waals surface area contributed by atoms with Gasteiger partial charge in [0, 0.05) is 23.0 Å². The Kier molecular flexibility index (Phi) is 6.31. The van der Waals surface area contributed by atoms with Gasteiger partial charge in [-0.2, -0.15) is 13.2 Å². The zero-order valence-electron chi connectivity index (χ0n) is 18.3. The van der Waals surface area contributed by atoms with Crippen molar-refractivity contribution >= 4 is 28.5 Å². The highest BCUT2D eigenvalue weighted by molar-refractivity contribution is 6.31. The van der Waals surface area contributed by atoms with Crippen molar-refractivity contribution in [2.24, 2.45) is 0 Å². The molecule has 3 heterocycles. The molecule has 180 valence electrons. The molecule has 2 aliphatic rings. The van der Waals surface area contributed by atoms with Crippen molar-refractivity contribution in [2.45, 2.75) is 43.6 Å². The highest BCUT2D eigenvalue weighted by Crippen LogP contribution is 2.36. The molecule has 5 nitrogen and oxygen atoms in total. The van der Waals surface area contributed by atoms with Gasteiger partial charge in [0.15, 0.2) is 0 Å². The number of para-hydroxylation sites is 1. The van der Waals surface area contributed by atoms with Gasteiger partial charge in [0.2, 0.25) is 5.91 Å². The molecule has 1 amide bonds. The van der Waals surface area contributed by atoms with E-state index in [1.807, 2.05) is 30.3 Å². The van der Waals surface area contributed by atoms with Crippen LogP contribution in [0.1, 0.15) is 35.6 Å². The molecule has 9 heteroatoms. The minimum atomic E-state index is -4.47. The van der Waals surface area contributed by atoms with E-state index in [1.54, 1.807) is 0 Å². The molecule has 1 N–H and O–H groups in total. The maximum Gasteiger partial charge on any atom is 0.416 e. The molecular weight excluding hydrogens is 469 g/mol. The number of nitrogens with zero attached hydrogens (tertiary/aromatic N) is 1. The number of hydrogen-bond donors (Lipinski definition) is 1. The topological polar surface area (TPSA) is 54.7 Å². The first-order valence-corrected chi connectivity index (χ1v) is 11.6. The Balaban J connectivity index is 1.29. The molecular formula is C25H24ClF3N2O3. The summed E-state index contributed by atoms with van der Waals surface area (Å²) in [6.07, 6.45) is -2.95. The fraction of sp³-hybridized carbons (Fsp3) is 0.400. The second kappa shape index (κ2) is 9.24. The lowest BCUT2D eigenvalue weighted by Gasteiger charge is -2.31. The first kappa shape index (κ1) is 23.2. The van der Waals surface area contributed by atoms with Crippen molar-refractivity contribution in [2.75, 3.05) is 19.8 Å². The Bertz CT molecular complexity index is 1160. The van der Waals surface area contributed by atoms with Crippen LogP contribution in [0.2, 0.25) is 5.02 Å². The average Bonchev–Trinajstić information content (AvgIpc) is 3.55. The molecule has 1 aromatic heterocycles. The second-order valence-electron chi connectivity index (χ2n) is 8.82. The fourth-order valence-corrected chi connectivity index (χ4v) is 5.17. The number of halogens is 4. The third-order valence-electron chi connectivity index (χ3n) is 6.71. The Labute approximate surface area is 199 Å². The zero-order valence-corrected chi connectivity index (χ0v) is 19.0. The van der Waals surface area contributed by atoms with E-state index in [1.165, 1.54) is 6.07 Å². The van der Waals surface area contributed by atoms with Gasteiger partial charge in [-0.1, -0.05) is 29.8 Å². The summed E-state index contributed by atoms with van der Waals surface area (Å²) in [4.78, 5) is 15.2. The minimum absolute atomic E-state index is 0.00119. The normalized spacial score (nSPS) is 23.6. The number of amides is 1. The number of carbonyl (C=O) groups is 1. The molecule has 3 unspecified atom stereocenters. The van der Waals surface area contributed by atoms with Gasteiger partial charge in [-0.15, -0.1) is 0 Å². The van der Waals surface area contributed by atoms with Gasteiger partial charge < -0.3 is 14.5 Å². The maximum absolute atomic E-state index is 13.1. The van der Waals surface area contributed by atoms with Gasteiger partial charge in [0.1, 0.15) is 11.3 Å². The van der Waals surface area contributed by atoms with Gasteiger partial charge in [-0.25, -0.2) is 0 Å². The lowest BCUT2D eigenvalue weighted by atomic mass is 9.98. The Morgan fingerprint density at radius 1 is 1.15 bits per heavy atom. The summed E-state index contributed by atoms with van der Waals surface area (Å²) in [5.41, 5.74) is 0.260. The summed E-state index contributed by atoms with van der Waals surface area (Å²) in [5.74, 6) is 0.616. The van der Waals surface area contributed by atoms with Crippen molar-refractivity contribution in [1.29, 1.82) is 0 Å². The van der Waals surface area contributed by atoms with E-state index >= 15 is 0 Å². The molecule has 3 aromatic rings. The van der Waals surface area contributed by atoms with E-state index < -0.39 is 11.7 Å². The lowest BCUT2D eigenvalue weighted by molar-refractivity contribution is -0.137. The number of alkyl halides is 3. The molecule has 34 heavy (non-hydrogen) atoms. The van der Waals surface area contributed by atoms with Crippen LogP contribution in [0.4, 0.5) is 13.2 Å². The predicted molar refractivity (Wildman–Crippen MR) is 122 cm³/mol. The van der Waals surface area contributed by atoms with Crippen LogP contribution in [-0.4, -0.2) is 42.6 Å². The molecule has 2 aliphatic heterocycles. The molecule has 3 atom stereocenters. The van der Waals surface area contributed by atoms with Crippen LogP contribution < -0.4 is 5.32 Å². The molecule has 0 aliphatic carbocycles. The molecule has 0 saturated carbocycles. The Morgan fingerprint density at radius 3 is 2.76 bits per heavy atom. The first-order chi connectivity index (χ1) is 16.3. The molecule has 0 bridgehead atoms. The van der Waals surface area contributed by atoms with Gasteiger partial charge in [-0.05, 0) is 55.3 Å². The quantitative estimate of drug-likeness (QED) is 0.520. The summed E-state index contributed by atoms with van der Waals surface area (Å²) < 4.78 is 51.0. The second-order valence-corrected chi connectivity index (χ2v) is 9.22. The van der Waals surface area contributed by atoms with Gasteiger partial charge in [-0.3, -0.25) is 9.69 Å². The monoisotopic (exact) mass is 492 g/mol. The van der Waals surface area contributed by atoms with E-state index in [0.717, 1.165) is 41.8 Å². The molecule has 2 aromatic carbocycles. The summed E-state index contributed by atoms with van der Waals surface area (Å²) >= 11 is 6.09. The Morgan fingerprint density at radius 2 is 1.97 bits per heavy atom. The van der Waals surface area contributed by atoms with Crippen LogP contribution in [-0.2, 0) is 22.3 Å². The van der Waals surface area contributed by atoms with Crippen LogP contribution in [0.3, 0.4) is 0 Å². The van der Waals surface area contributed by atoms with Crippen LogP contribution >= 0.6 is 11.6 Å².